The van der Waals surface area contributed by atoms with Gasteiger partial charge in [-0.2, -0.15) is 10.1 Å². The van der Waals surface area contributed by atoms with Crippen LogP contribution in [0.15, 0.2) is 36.7 Å². The molecule has 8 nitrogen and oxygen atoms in total. The lowest BCUT2D eigenvalue weighted by atomic mass is 10.1. The summed E-state index contributed by atoms with van der Waals surface area (Å²) in [4.78, 5) is 32.7. The van der Waals surface area contributed by atoms with Crippen molar-refractivity contribution in [3.63, 3.8) is 0 Å². The van der Waals surface area contributed by atoms with Gasteiger partial charge in [-0.05, 0) is 39.2 Å². The number of nitrogens with one attached hydrogen (secondary N) is 1. The number of amides is 1. The number of ether oxygens (including phenoxy) is 1. The highest BCUT2D eigenvalue weighted by Gasteiger charge is 2.16. The van der Waals surface area contributed by atoms with Crippen molar-refractivity contribution in [2.24, 2.45) is 0 Å². The molecule has 0 aliphatic carbocycles. The Balaban J connectivity index is 1.46. The van der Waals surface area contributed by atoms with Gasteiger partial charge in [-0.25, -0.2) is 9.50 Å². The highest BCUT2D eigenvalue weighted by Crippen LogP contribution is 2.14. The predicted octanol–water partition coefficient (Wildman–Crippen LogP) is 1.96. The number of esters is 1. The number of hydrogen-bond donors (Lipinski definition) is 1. The van der Waals surface area contributed by atoms with Crippen LogP contribution in [0.4, 0.5) is 0 Å². The van der Waals surface area contributed by atoms with Crippen molar-refractivity contribution in [1.82, 2.24) is 24.9 Å². The molecule has 8 heteroatoms. The highest BCUT2D eigenvalue weighted by atomic mass is 16.5. The Morgan fingerprint density at radius 1 is 1.21 bits per heavy atom. The first-order chi connectivity index (χ1) is 13.9. The molecule has 3 aromatic rings. The number of aryl methyl sites for hydroxylation is 3. The van der Waals surface area contributed by atoms with Crippen LogP contribution in [0.2, 0.25) is 0 Å². The molecule has 0 radical (unpaired) electrons. The molecule has 0 bridgehead atoms. The zero-order chi connectivity index (χ0) is 20.8. The van der Waals surface area contributed by atoms with E-state index in [1.54, 1.807) is 4.52 Å². The summed E-state index contributed by atoms with van der Waals surface area (Å²) in [6, 6.07) is 10.1. The van der Waals surface area contributed by atoms with Gasteiger partial charge in [0.1, 0.15) is 6.33 Å². The molecule has 0 aliphatic heterocycles. The third-order valence-electron chi connectivity index (χ3n) is 4.79. The third kappa shape index (κ3) is 5.37. The maximum atomic E-state index is 12.2. The summed E-state index contributed by atoms with van der Waals surface area (Å²) in [7, 11) is 0. The number of nitrogens with zero attached hydrogens (tertiary/aromatic N) is 4. The molecular weight excluding hydrogens is 370 g/mol. The van der Waals surface area contributed by atoms with Gasteiger partial charge in [-0.3, -0.25) is 9.59 Å². The molecule has 0 aliphatic rings. The normalized spacial score (nSPS) is 12.0. The molecule has 29 heavy (non-hydrogen) atoms. The predicted molar refractivity (Wildman–Crippen MR) is 107 cm³/mol. The second-order valence-electron chi connectivity index (χ2n) is 7.06. The van der Waals surface area contributed by atoms with Gasteiger partial charge < -0.3 is 10.1 Å². The van der Waals surface area contributed by atoms with Crippen LogP contribution in [-0.4, -0.2) is 44.1 Å². The molecule has 2 aromatic heterocycles. The number of fused-ring (bicyclic) bond motifs is 1. The fourth-order valence-corrected chi connectivity index (χ4v) is 3.17. The van der Waals surface area contributed by atoms with E-state index in [4.69, 9.17) is 4.74 Å². The zero-order valence-corrected chi connectivity index (χ0v) is 16.9. The molecule has 1 amide bonds. The molecule has 152 valence electrons. The van der Waals surface area contributed by atoms with Crippen molar-refractivity contribution in [2.45, 2.75) is 46.1 Å². The number of rotatable bonds is 8. The second kappa shape index (κ2) is 9.27. The Morgan fingerprint density at radius 2 is 1.97 bits per heavy atom. The number of hydrogen-bond acceptors (Lipinski definition) is 6. The van der Waals surface area contributed by atoms with Gasteiger partial charge in [0.2, 0.25) is 0 Å². The van der Waals surface area contributed by atoms with E-state index in [9.17, 15) is 9.59 Å². The average Bonchev–Trinajstić information content (AvgIpc) is 3.17. The minimum absolute atomic E-state index is 0.00943. The largest absolute Gasteiger partial charge is 0.455 e. The molecule has 1 atom stereocenters. The minimum Gasteiger partial charge on any atom is -0.455 e. The van der Waals surface area contributed by atoms with Gasteiger partial charge >= 0.3 is 5.97 Å². The van der Waals surface area contributed by atoms with E-state index in [1.807, 2.05) is 39.0 Å². The summed E-state index contributed by atoms with van der Waals surface area (Å²) < 4.78 is 6.73. The molecule has 0 unspecified atom stereocenters. The fourth-order valence-electron chi connectivity index (χ4n) is 3.17. The van der Waals surface area contributed by atoms with E-state index in [0.29, 0.717) is 11.5 Å². The average molecular weight is 395 g/mol. The van der Waals surface area contributed by atoms with E-state index in [0.717, 1.165) is 24.1 Å². The number of carbonyl (C=O) groups is 2. The van der Waals surface area contributed by atoms with Gasteiger partial charge in [0.25, 0.3) is 11.7 Å². The van der Waals surface area contributed by atoms with E-state index in [-0.39, 0.29) is 25.0 Å². The monoisotopic (exact) mass is 395 g/mol. The third-order valence-corrected chi connectivity index (χ3v) is 4.79. The lowest BCUT2D eigenvalue weighted by molar-refractivity contribution is -0.148. The van der Waals surface area contributed by atoms with E-state index < -0.39 is 5.97 Å². The highest BCUT2D eigenvalue weighted by molar-refractivity contribution is 5.81. The Hall–Kier alpha value is -3.29. The molecular formula is C21H25N5O3. The van der Waals surface area contributed by atoms with Crippen LogP contribution in [0.5, 0.6) is 0 Å². The second-order valence-corrected chi connectivity index (χ2v) is 7.06. The van der Waals surface area contributed by atoms with Crippen molar-refractivity contribution in [2.75, 3.05) is 6.61 Å². The van der Waals surface area contributed by atoms with E-state index in [1.165, 1.54) is 11.9 Å². The number of benzene rings is 1. The van der Waals surface area contributed by atoms with Crippen molar-refractivity contribution in [3.05, 3.63) is 59.2 Å². The maximum absolute atomic E-state index is 12.2. The molecule has 0 saturated carbocycles. The van der Waals surface area contributed by atoms with E-state index >= 15 is 0 Å². The van der Waals surface area contributed by atoms with Gasteiger partial charge in [-0.15, -0.1) is 0 Å². The lowest BCUT2D eigenvalue weighted by Gasteiger charge is -2.14. The molecule has 0 fully saturated rings. The first kappa shape index (κ1) is 20.4. The summed E-state index contributed by atoms with van der Waals surface area (Å²) in [5.74, 6) is -0.303. The van der Waals surface area contributed by atoms with Gasteiger partial charge in [-0.1, -0.05) is 30.3 Å². The Kier molecular flexibility index (Phi) is 6.54. The molecule has 0 spiro atoms. The van der Waals surface area contributed by atoms with E-state index in [2.05, 4.69) is 32.5 Å². The summed E-state index contributed by atoms with van der Waals surface area (Å²) in [5.41, 5.74) is 3.42. The first-order valence-corrected chi connectivity index (χ1v) is 9.58. The molecule has 1 aromatic carbocycles. The van der Waals surface area contributed by atoms with Crippen molar-refractivity contribution < 1.29 is 14.3 Å². The number of aromatic nitrogens is 4. The standard InChI is InChI=1S/C21H25N5O3/c1-14(9-10-17-7-5-4-6-8-17)24-19(27)12-29-20(28)11-18-15(2)25-21-22-13-23-26(21)16(18)3/h4-8,13-14H,9-12H2,1-3H3,(H,24,27)/t14-/m0/s1. The maximum Gasteiger partial charge on any atom is 0.310 e. The van der Waals surface area contributed by atoms with Crippen LogP contribution in [0.1, 0.15) is 35.9 Å². The summed E-state index contributed by atoms with van der Waals surface area (Å²) in [5, 5.41) is 6.96. The van der Waals surface area contributed by atoms with Crippen LogP contribution in [-0.2, 0) is 27.2 Å². The smallest absolute Gasteiger partial charge is 0.310 e. The van der Waals surface area contributed by atoms with Crippen molar-refractivity contribution in [3.8, 4) is 0 Å². The van der Waals surface area contributed by atoms with Crippen molar-refractivity contribution >= 4 is 17.7 Å². The van der Waals surface area contributed by atoms with Crippen LogP contribution in [0.25, 0.3) is 5.78 Å². The van der Waals surface area contributed by atoms with Crippen LogP contribution >= 0.6 is 0 Å². The van der Waals surface area contributed by atoms with Crippen LogP contribution < -0.4 is 5.32 Å². The van der Waals surface area contributed by atoms with Gasteiger partial charge in [0.15, 0.2) is 6.61 Å². The number of carbonyl (C=O) groups excluding carboxylic acids is 2. The molecule has 2 heterocycles. The SMILES string of the molecule is Cc1nc2ncnn2c(C)c1CC(=O)OCC(=O)N[C@@H](C)CCc1ccccc1. The summed E-state index contributed by atoms with van der Waals surface area (Å²) in [6.07, 6.45) is 3.13. The fraction of sp³-hybridized carbons (Fsp3) is 0.381. The molecule has 3 rings (SSSR count). The Bertz CT molecular complexity index is 1000. The minimum atomic E-state index is -0.482. The van der Waals surface area contributed by atoms with Crippen LogP contribution in [0.3, 0.4) is 0 Å². The first-order valence-electron chi connectivity index (χ1n) is 9.58. The lowest BCUT2D eigenvalue weighted by Crippen LogP contribution is -2.36. The summed E-state index contributed by atoms with van der Waals surface area (Å²) in [6.45, 7) is 5.30. The van der Waals surface area contributed by atoms with Crippen molar-refractivity contribution in [1.29, 1.82) is 0 Å². The van der Waals surface area contributed by atoms with Gasteiger partial charge in [0, 0.05) is 23.0 Å². The van der Waals surface area contributed by atoms with Gasteiger partial charge in [0.05, 0.1) is 6.42 Å². The topological polar surface area (TPSA) is 98.5 Å². The Labute approximate surface area is 169 Å². The zero-order valence-electron chi connectivity index (χ0n) is 16.9. The molecule has 0 saturated heterocycles. The Morgan fingerprint density at radius 3 is 2.72 bits per heavy atom. The van der Waals surface area contributed by atoms with Crippen LogP contribution in [0, 0.1) is 13.8 Å². The molecule has 1 N–H and O–H groups in total. The quantitative estimate of drug-likeness (QED) is 0.586. The summed E-state index contributed by atoms with van der Waals surface area (Å²) >= 11 is 0.